The minimum atomic E-state index is -1.20. The summed E-state index contributed by atoms with van der Waals surface area (Å²) in [4.78, 5) is 32.6. The molecule has 3 heterocycles. The van der Waals surface area contributed by atoms with Crippen LogP contribution in [0.15, 0.2) is 36.4 Å². The first-order valence-corrected chi connectivity index (χ1v) is 14.0. The fourth-order valence-electron chi connectivity index (χ4n) is 7.32. The lowest BCUT2D eigenvalue weighted by Gasteiger charge is -2.52. The Labute approximate surface area is 238 Å². The van der Waals surface area contributed by atoms with Gasteiger partial charge in [0.1, 0.15) is 12.2 Å². The molecule has 10 nitrogen and oxygen atoms in total. The van der Waals surface area contributed by atoms with E-state index in [0.717, 1.165) is 25.0 Å². The molecule has 10 heteroatoms. The maximum Gasteiger partial charge on any atom is 0.338 e. The molecule has 2 fully saturated rings. The third kappa shape index (κ3) is 4.59. The summed E-state index contributed by atoms with van der Waals surface area (Å²) in [5.41, 5.74) is 3.84. The van der Waals surface area contributed by atoms with Crippen LogP contribution in [0.2, 0.25) is 0 Å². The molecule has 2 aliphatic heterocycles. The van der Waals surface area contributed by atoms with Gasteiger partial charge in [-0.05, 0) is 54.9 Å². The van der Waals surface area contributed by atoms with Gasteiger partial charge < -0.3 is 33.8 Å². The van der Waals surface area contributed by atoms with Crippen LogP contribution in [0.25, 0.3) is 10.9 Å². The fourth-order valence-corrected chi connectivity index (χ4v) is 7.32. The number of benzene rings is 2. The van der Waals surface area contributed by atoms with Gasteiger partial charge in [0.25, 0.3) is 0 Å². The molecule has 2 aromatic carbocycles. The van der Waals surface area contributed by atoms with E-state index in [4.69, 9.17) is 23.7 Å². The Bertz CT molecular complexity index is 1440. The Hall–Kier alpha value is -3.76. The molecule has 3 aliphatic rings. The van der Waals surface area contributed by atoms with Crippen LogP contribution >= 0.6 is 0 Å². The van der Waals surface area contributed by atoms with Crippen LogP contribution in [-0.2, 0) is 20.7 Å². The average molecular weight is 565 g/mol. The lowest BCUT2D eigenvalue weighted by Crippen LogP contribution is -2.58. The van der Waals surface area contributed by atoms with Gasteiger partial charge in [-0.15, -0.1) is 0 Å². The van der Waals surface area contributed by atoms with Crippen molar-refractivity contribution in [2.45, 2.75) is 37.5 Å². The number of carbonyl (C=O) groups excluding carboxylic acids is 2. The number of fused-ring (bicyclic) bond motifs is 6. The minimum absolute atomic E-state index is 0.0439. The molecule has 0 spiro atoms. The minimum Gasteiger partial charge on any atom is -0.493 e. The predicted octanol–water partition coefficient (Wildman–Crippen LogP) is 3.51. The molecule has 6 atom stereocenters. The molecule has 6 rings (SSSR count). The van der Waals surface area contributed by atoms with Crippen LogP contribution in [-0.4, -0.2) is 80.7 Å². The van der Waals surface area contributed by atoms with Crippen LogP contribution in [0.3, 0.4) is 0 Å². The quantitative estimate of drug-likeness (QED) is 0.434. The number of carbonyl (C=O) groups is 2. The number of rotatable bonds is 6. The lowest BCUT2D eigenvalue weighted by molar-refractivity contribution is -0.172. The highest BCUT2D eigenvalue weighted by molar-refractivity contribution is 5.91. The van der Waals surface area contributed by atoms with Crippen molar-refractivity contribution in [3.63, 3.8) is 0 Å². The zero-order valence-corrected chi connectivity index (χ0v) is 23.7. The summed E-state index contributed by atoms with van der Waals surface area (Å²) in [5, 5.41) is 12.7. The van der Waals surface area contributed by atoms with Gasteiger partial charge >= 0.3 is 11.9 Å². The van der Waals surface area contributed by atoms with Crippen LogP contribution < -0.4 is 14.2 Å². The number of para-hydroxylation sites is 1. The Morgan fingerprint density at radius 1 is 1.00 bits per heavy atom. The van der Waals surface area contributed by atoms with Crippen LogP contribution in [0.1, 0.15) is 40.5 Å². The van der Waals surface area contributed by atoms with E-state index in [0.29, 0.717) is 30.1 Å². The first kappa shape index (κ1) is 27.4. The predicted molar refractivity (Wildman–Crippen MR) is 149 cm³/mol. The number of H-pyrrole nitrogens is 1. The van der Waals surface area contributed by atoms with E-state index in [2.05, 4.69) is 28.1 Å². The maximum absolute atomic E-state index is 13.3. The zero-order chi connectivity index (χ0) is 28.8. The lowest BCUT2D eigenvalue weighted by atomic mass is 9.64. The van der Waals surface area contributed by atoms with E-state index < -0.39 is 30.1 Å². The van der Waals surface area contributed by atoms with E-state index in [9.17, 15) is 14.7 Å². The van der Waals surface area contributed by atoms with Crippen molar-refractivity contribution in [1.29, 1.82) is 0 Å². The summed E-state index contributed by atoms with van der Waals surface area (Å²) >= 11 is 0. The smallest absolute Gasteiger partial charge is 0.338 e. The average Bonchev–Trinajstić information content (AvgIpc) is 3.38. The van der Waals surface area contributed by atoms with Crippen LogP contribution in [0.5, 0.6) is 17.2 Å². The molecule has 6 unspecified atom stereocenters. The van der Waals surface area contributed by atoms with Gasteiger partial charge in [0.2, 0.25) is 5.75 Å². The highest BCUT2D eigenvalue weighted by atomic mass is 16.6. The van der Waals surface area contributed by atoms with Crippen molar-refractivity contribution in [2.24, 2.45) is 17.8 Å². The number of methoxy groups -OCH3 is 4. The second-order valence-electron chi connectivity index (χ2n) is 11.1. The van der Waals surface area contributed by atoms with Crippen molar-refractivity contribution in [2.75, 3.05) is 41.5 Å². The summed E-state index contributed by atoms with van der Waals surface area (Å²) in [6.07, 6.45) is 0.00659. The van der Waals surface area contributed by atoms with E-state index in [1.165, 1.54) is 57.2 Å². The van der Waals surface area contributed by atoms with Gasteiger partial charge in [-0.2, -0.15) is 0 Å². The molecule has 0 bridgehead atoms. The first-order chi connectivity index (χ1) is 19.9. The van der Waals surface area contributed by atoms with Crippen molar-refractivity contribution >= 4 is 22.8 Å². The SMILES string of the molecule is COC(=O)C1C(O)C(OC(=O)c2cc(OC)c(OC)c(OC)c2)CC2CN3CCc4c([nH]c5ccccc45)C3CC21. The number of piperidine rings is 1. The van der Waals surface area contributed by atoms with Crippen molar-refractivity contribution in [1.82, 2.24) is 9.88 Å². The van der Waals surface area contributed by atoms with Crippen molar-refractivity contribution < 1.29 is 38.4 Å². The summed E-state index contributed by atoms with van der Waals surface area (Å²) in [6.45, 7) is 1.65. The second kappa shape index (κ2) is 10.9. The van der Waals surface area contributed by atoms with E-state index in [1.54, 1.807) is 0 Å². The van der Waals surface area contributed by atoms with Crippen LogP contribution in [0.4, 0.5) is 0 Å². The van der Waals surface area contributed by atoms with Gasteiger partial charge in [0.15, 0.2) is 11.5 Å². The highest BCUT2D eigenvalue weighted by Gasteiger charge is 2.53. The molecule has 1 aliphatic carbocycles. The third-order valence-corrected chi connectivity index (χ3v) is 9.22. The van der Waals surface area contributed by atoms with E-state index >= 15 is 0 Å². The number of aromatic amines is 1. The van der Waals surface area contributed by atoms with Crippen molar-refractivity contribution in [3.05, 3.63) is 53.2 Å². The number of hydrogen-bond acceptors (Lipinski definition) is 9. The summed E-state index contributed by atoms with van der Waals surface area (Å²) < 4.78 is 27.2. The Kier molecular flexibility index (Phi) is 7.29. The van der Waals surface area contributed by atoms with E-state index in [-0.39, 0.29) is 23.4 Å². The molecule has 218 valence electrons. The Balaban J connectivity index is 1.27. The molecular formula is C31H36N2O8. The standard InChI is InChI=1S/C31H36N2O8/c1-37-24-11-16(12-25(38-2)29(24)39-3)30(35)41-23-13-17-15-33-10-9-19-18-7-5-6-8-21(18)32-27(19)22(33)14-20(17)26(28(23)34)31(36)40-4/h5-8,11-12,17,20,22-23,26,28,32,34H,9-10,13-15H2,1-4H3. The third-order valence-electron chi connectivity index (χ3n) is 9.22. The maximum atomic E-state index is 13.3. The first-order valence-electron chi connectivity index (χ1n) is 14.0. The molecule has 41 heavy (non-hydrogen) atoms. The number of aliphatic hydroxyl groups excluding tert-OH is 1. The second-order valence-corrected chi connectivity index (χ2v) is 11.1. The molecule has 2 N–H and O–H groups in total. The van der Waals surface area contributed by atoms with Gasteiger partial charge in [0.05, 0.1) is 46.0 Å². The molecule has 0 amide bonds. The largest absolute Gasteiger partial charge is 0.493 e. The molecular weight excluding hydrogens is 528 g/mol. The van der Waals surface area contributed by atoms with Crippen LogP contribution in [0, 0.1) is 17.8 Å². The monoisotopic (exact) mass is 564 g/mol. The van der Waals surface area contributed by atoms with Crippen molar-refractivity contribution in [3.8, 4) is 17.2 Å². The fraction of sp³-hybridized carbons (Fsp3) is 0.484. The molecule has 1 aromatic heterocycles. The summed E-state index contributed by atoms with van der Waals surface area (Å²) in [7, 11) is 5.75. The summed E-state index contributed by atoms with van der Waals surface area (Å²) in [6, 6.07) is 11.5. The number of esters is 2. The van der Waals surface area contributed by atoms with Gasteiger partial charge in [-0.1, -0.05) is 18.2 Å². The topological polar surface area (TPSA) is 120 Å². The van der Waals surface area contributed by atoms with Gasteiger partial charge in [-0.3, -0.25) is 9.69 Å². The van der Waals surface area contributed by atoms with E-state index in [1.807, 2.05) is 6.07 Å². The summed E-state index contributed by atoms with van der Waals surface area (Å²) in [5.74, 6) is -1.03. The number of hydrogen-bond donors (Lipinski definition) is 2. The zero-order valence-electron chi connectivity index (χ0n) is 23.7. The number of nitrogens with zero attached hydrogens (tertiary/aromatic N) is 1. The van der Waals surface area contributed by atoms with Gasteiger partial charge in [0, 0.05) is 29.7 Å². The number of aromatic nitrogens is 1. The number of aliphatic hydroxyl groups is 1. The molecule has 3 aromatic rings. The Morgan fingerprint density at radius 2 is 1.73 bits per heavy atom. The normalized spacial score (nSPS) is 27.2. The highest BCUT2D eigenvalue weighted by Crippen LogP contribution is 2.50. The Morgan fingerprint density at radius 3 is 2.41 bits per heavy atom. The van der Waals surface area contributed by atoms with Gasteiger partial charge in [-0.25, -0.2) is 4.79 Å². The number of ether oxygens (including phenoxy) is 5. The molecule has 0 radical (unpaired) electrons. The number of nitrogens with one attached hydrogen (secondary N) is 1. The molecule has 1 saturated heterocycles. The molecule has 1 saturated carbocycles.